The Morgan fingerprint density at radius 1 is 1.24 bits per heavy atom. The van der Waals surface area contributed by atoms with Crippen LogP contribution in [0.3, 0.4) is 0 Å². The topological polar surface area (TPSA) is 12.0 Å². The molecule has 2 aliphatic carbocycles. The molecule has 1 aromatic rings. The Labute approximate surface area is 112 Å². The molecule has 0 heterocycles. The fourth-order valence-electron chi connectivity index (χ4n) is 2.32. The Bertz CT molecular complexity index is 422. The molecule has 2 saturated carbocycles. The SMILES string of the molecule is Clc1ccc(Cl)c(CC2(CNC3CC3)CC2)c1. The van der Waals surface area contributed by atoms with Crippen LogP contribution in [-0.2, 0) is 6.42 Å². The molecule has 0 radical (unpaired) electrons. The van der Waals surface area contributed by atoms with E-state index in [1.807, 2.05) is 18.2 Å². The minimum Gasteiger partial charge on any atom is -0.313 e. The van der Waals surface area contributed by atoms with Gasteiger partial charge >= 0.3 is 0 Å². The predicted molar refractivity (Wildman–Crippen MR) is 72.9 cm³/mol. The van der Waals surface area contributed by atoms with Crippen LogP contribution in [0.4, 0.5) is 0 Å². The molecule has 1 aromatic carbocycles. The second-order valence-electron chi connectivity index (χ2n) is 5.57. The Morgan fingerprint density at radius 3 is 2.65 bits per heavy atom. The van der Waals surface area contributed by atoms with Crippen molar-refractivity contribution in [2.75, 3.05) is 6.54 Å². The molecule has 0 atom stereocenters. The van der Waals surface area contributed by atoms with Gasteiger partial charge in [0.25, 0.3) is 0 Å². The summed E-state index contributed by atoms with van der Waals surface area (Å²) in [5.74, 6) is 0. The third-order valence-electron chi connectivity index (χ3n) is 3.87. The number of halogens is 2. The molecule has 2 fully saturated rings. The van der Waals surface area contributed by atoms with Crippen molar-refractivity contribution in [1.82, 2.24) is 5.32 Å². The lowest BCUT2D eigenvalue weighted by Gasteiger charge is -2.17. The first kappa shape index (κ1) is 11.8. The van der Waals surface area contributed by atoms with E-state index in [-0.39, 0.29) is 0 Å². The average molecular weight is 270 g/mol. The normalized spacial score (nSPS) is 21.5. The summed E-state index contributed by atoms with van der Waals surface area (Å²) in [6.07, 6.45) is 6.40. The number of nitrogens with one attached hydrogen (secondary N) is 1. The summed E-state index contributed by atoms with van der Waals surface area (Å²) in [4.78, 5) is 0. The first-order chi connectivity index (χ1) is 8.17. The summed E-state index contributed by atoms with van der Waals surface area (Å²) in [5, 5.41) is 5.28. The van der Waals surface area contributed by atoms with Gasteiger partial charge < -0.3 is 5.32 Å². The Morgan fingerprint density at radius 2 is 2.00 bits per heavy atom. The maximum Gasteiger partial charge on any atom is 0.0439 e. The fourth-order valence-corrected chi connectivity index (χ4v) is 2.70. The van der Waals surface area contributed by atoms with Crippen molar-refractivity contribution in [3.63, 3.8) is 0 Å². The lowest BCUT2D eigenvalue weighted by atomic mass is 9.96. The molecule has 0 amide bonds. The number of benzene rings is 1. The quantitative estimate of drug-likeness (QED) is 0.850. The predicted octanol–water partition coefficient (Wildman–Crippen LogP) is 4.07. The molecule has 2 aliphatic rings. The molecule has 17 heavy (non-hydrogen) atoms. The number of rotatable bonds is 5. The van der Waals surface area contributed by atoms with Gasteiger partial charge in [0.1, 0.15) is 0 Å². The minimum absolute atomic E-state index is 0.455. The molecule has 0 spiro atoms. The monoisotopic (exact) mass is 269 g/mol. The minimum atomic E-state index is 0.455. The molecule has 3 rings (SSSR count). The van der Waals surface area contributed by atoms with Gasteiger partial charge in [-0.15, -0.1) is 0 Å². The van der Waals surface area contributed by atoms with E-state index in [2.05, 4.69) is 5.32 Å². The molecular weight excluding hydrogens is 253 g/mol. The summed E-state index contributed by atoms with van der Waals surface area (Å²) in [6, 6.07) is 6.57. The average Bonchev–Trinajstić information content (AvgIpc) is 3.16. The van der Waals surface area contributed by atoms with Gasteiger partial charge in [0.05, 0.1) is 0 Å². The number of hydrogen-bond donors (Lipinski definition) is 1. The van der Waals surface area contributed by atoms with E-state index in [1.165, 1.54) is 31.2 Å². The van der Waals surface area contributed by atoms with Crippen LogP contribution in [0.2, 0.25) is 10.0 Å². The van der Waals surface area contributed by atoms with E-state index in [1.54, 1.807) is 0 Å². The molecule has 0 aromatic heterocycles. The molecule has 0 aliphatic heterocycles. The van der Waals surface area contributed by atoms with Crippen LogP contribution in [0.25, 0.3) is 0 Å². The molecule has 0 saturated heterocycles. The fraction of sp³-hybridized carbons (Fsp3) is 0.571. The maximum atomic E-state index is 6.23. The van der Waals surface area contributed by atoms with Crippen molar-refractivity contribution >= 4 is 23.2 Å². The first-order valence-corrected chi connectivity index (χ1v) is 7.10. The summed E-state index contributed by atoms with van der Waals surface area (Å²) >= 11 is 12.3. The molecule has 0 bridgehead atoms. The molecule has 3 heteroatoms. The van der Waals surface area contributed by atoms with Crippen molar-refractivity contribution in [2.45, 2.75) is 38.1 Å². The molecular formula is C14H17Cl2N. The van der Waals surface area contributed by atoms with Gasteiger partial charge in [0.2, 0.25) is 0 Å². The maximum absolute atomic E-state index is 6.23. The van der Waals surface area contributed by atoms with Crippen molar-refractivity contribution in [3.05, 3.63) is 33.8 Å². The van der Waals surface area contributed by atoms with Gasteiger partial charge in [-0.2, -0.15) is 0 Å². The highest BCUT2D eigenvalue weighted by atomic mass is 35.5. The summed E-state index contributed by atoms with van der Waals surface area (Å²) in [6.45, 7) is 1.14. The highest BCUT2D eigenvalue weighted by molar-refractivity contribution is 6.33. The third-order valence-corrected chi connectivity index (χ3v) is 4.48. The van der Waals surface area contributed by atoms with Crippen molar-refractivity contribution in [3.8, 4) is 0 Å². The van der Waals surface area contributed by atoms with Gasteiger partial charge in [-0.3, -0.25) is 0 Å². The van der Waals surface area contributed by atoms with Gasteiger partial charge in [0.15, 0.2) is 0 Å². The molecule has 92 valence electrons. The zero-order valence-corrected chi connectivity index (χ0v) is 11.3. The van der Waals surface area contributed by atoms with E-state index < -0.39 is 0 Å². The van der Waals surface area contributed by atoms with Gasteiger partial charge in [0, 0.05) is 22.6 Å². The largest absolute Gasteiger partial charge is 0.313 e. The highest BCUT2D eigenvalue weighted by Gasteiger charge is 2.43. The third kappa shape index (κ3) is 2.96. The Balaban J connectivity index is 1.66. The van der Waals surface area contributed by atoms with Crippen LogP contribution in [0.15, 0.2) is 18.2 Å². The second-order valence-corrected chi connectivity index (χ2v) is 6.41. The molecule has 1 nitrogen and oxygen atoms in total. The van der Waals surface area contributed by atoms with Crippen LogP contribution in [-0.4, -0.2) is 12.6 Å². The molecule has 1 N–H and O–H groups in total. The second kappa shape index (κ2) is 4.46. The van der Waals surface area contributed by atoms with E-state index in [0.29, 0.717) is 5.41 Å². The summed E-state index contributed by atoms with van der Waals surface area (Å²) in [7, 11) is 0. The van der Waals surface area contributed by atoms with Crippen molar-refractivity contribution in [2.24, 2.45) is 5.41 Å². The van der Waals surface area contributed by atoms with Crippen molar-refractivity contribution in [1.29, 1.82) is 0 Å². The first-order valence-electron chi connectivity index (χ1n) is 6.34. The van der Waals surface area contributed by atoms with Crippen LogP contribution < -0.4 is 5.32 Å². The number of hydrogen-bond acceptors (Lipinski definition) is 1. The van der Waals surface area contributed by atoms with Gasteiger partial charge in [-0.1, -0.05) is 23.2 Å². The van der Waals surface area contributed by atoms with Crippen molar-refractivity contribution < 1.29 is 0 Å². The van der Waals surface area contributed by atoms with Gasteiger partial charge in [-0.25, -0.2) is 0 Å². The van der Waals surface area contributed by atoms with E-state index in [9.17, 15) is 0 Å². The summed E-state index contributed by atoms with van der Waals surface area (Å²) in [5.41, 5.74) is 1.66. The van der Waals surface area contributed by atoms with Crippen LogP contribution in [0.5, 0.6) is 0 Å². The highest BCUT2D eigenvalue weighted by Crippen LogP contribution is 2.49. The van der Waals surface area contributed by atoms with Gasteiger partial charge in [-0.05, 0) is 61.3 Å². The smallest absolute Gasteiger partial charge is 0.0439 e. The van der Waals surface area contributed by atoms with E-state index in [4.69, 9.17) is 23.2 Å². The summed E-state index contributed by atoms with van der Waals surface area (Å²) < 4.78 is 0. The van der Waals surface area contributed by atoms with Crippen LogP contribution >= 0.6 is 23.2 Å². The zero-order chi connectivity index (χ0) is 11.9. The van der Waals surface area contributed by atoms with E-state index in [0.717, 1.165) is 29.1 Å². The lowest BCUT2D eigenvalue weighted by molar-refractivity contribution is 0.453. The standard InChI is InChI=1S/C14H17Cl2N/c15-11-1-4-13(16)10(7-11)8-14(5-6-14)9-17-12-2-3-12/h1,4,7,12,17H,2-3,5-6,8-9H2. The lowest BCUT2D eigenvalue weighted by Crippen LogP contribution is -2.27. The van der Waals surface area contributed by atoms with E-state index >= 15 is 0 Å². The van der Waals surface area contributed by atoms with Crippen LogP contribution in [0.1, 0.15) is 31.2 Å². The zero-order valence-electron chi connectivity index (χ0n) is 9.81. The Kier molecular flexibility index (Phi) is 3.10. The van der Waals surface area contributed by atoms with Crippen LogP contribution in [0, 0.1) is 5.41 Å². The molecule has 0 unspecified atom stereocenters. The Hall–Kier alpha value is -0.240.